The molecule has 0 aromatic carbocycles. The van der Waals surface area contributed by atoms with Crippen molar-refractivity contribution in [2.24, 2.45) is 17.8 Å². The summed E-state index contributed by atoms with van der Waals surface area (Å²) in [6, 6.07) is 0. The molecule has 0 aromatic heterocycles. The Bertz CT molecular complexity index is 328. The Balaban J connectivity index is 1.79. The van der Waals surface area contributed by atoms with E-state index >= 15 is 0 Å². The summed E-state index contributed by atoms with van der Waals surface area (Å²) in [5.41, 5.74) is 0. The summed E-state index contributed by atoms with van der Waals surface area (Å²) in [6.07, 6.45) is 3.70. The lowest BCUT2D eigenvalue weighted by atomic mass is 9.75. The molecule has 1 saturated carbocycles. The van der Waals surface area contributed by atoms with Crippen molar-refractivity contribution in [1.82, 2.24) is 0 Å². The van der Waals surface area contributed by atoms with Gasteiger partial charge >= 0.3 is 0 Å². The Morgan fingerprint density at radius 2 is 1.91 bits per heavy atom. The lowest BCUT2D eigenvalue weighted by Crippen LogP contribution is -2.56. The van der Waals surface area contributed by atoms with E-state index in [4.69, 9.17) is 9.47 Å². The van der Waals surface area contributed by atoms with Gasteiger partial charge in [-0.2, -0.15) is 0 Å². The predicted octanol–water partition coefficient (Wildman–Crippen LogP) is 2.30. The Hall–Kier alpha value is -0.160. The normalized spacial score (nSPS) is 33.8. The van der Waals surface area contributed by atoms with Gasteiger partial charge in [-0.25, -0.2) is 0 Å². The van der Waals surface area contributed by atoms with Crippen LogP contribution in [-0.2, 0) is 9.47 Å². The number of hydrogen-bond acceptors (Lipinski definition) is 3. The maximum atomic E-state index is 10.4. The van der Waals surface area contributed by atoms with Gasteiger partial charge in [0.25, 0.3) is 0 Å². The standard InChI is InChI=1S/C18H36NO3/c1-14(2)17-6-5-15(3)11-18(17)22-13-16(20)12-19(4)7-9-21-10-8-19/h14-18,20H,5-13H2,1-4H3/q+1/t15-,16+,17-,18-/m1/s1. The molecule has 0 amide bonds. The van der Waals surface area contributed by atoms with Crippen LogP contribution in [0.25, 0.3) is 0 Å². The van der Waals surface area contributed by atoms with Crippen molar-refractivity contribution in [2.75, 3.05) is 46.5 Å². The first-order chi connectivity index (χ1) is 10.4. The van der Waals surface area contributed by atoms with Crippen LogP contribution in [-0.4, -0.2) is 68.3 Å². The number of aliphatic hydroxyl groups excluding tert-OH is 1. The third-order valence-corrected chi connectivity index (χ3v) is 5.67. The minimum Gasteiger partial charge on any atom is -0.385 e. The van der Waals surface area contributed by atoms with Crippen LogP contribution in [0.15, 0.2) is 0 Å². The van der Waals surface area contributed by atoms with Gasteiger partial charge in [-0.3, -0.25) is 0 Å². The predicted molar refractivity (Wildman–Crippen MR) is 88.7 cm³/mol. The number of morpholine rings is 1. The quantitative estimate of drug-likeness (QED) is 0.765. The summed E-state index contributed by atoms with van der Waals surface area (Å²) in [6.45, 7) is 11.8. The summed E-state index contributed by atoms with van der Waals surface area (Å²) in [5.74, 6) is 2.07. The van der Waals surface area contributed by atoms with Crippen LogP contribution in [0.3, 0.4) is 0 Å². The first-order valence-corrected chi connectivity index (χ1v) is 9.10. The maximum absolute atomic E-state index is 10.4. The number of hydrogen-bond donors (Lipinski definition) is 1. The van der Waals surface area contributed by atoms with Crippen LogP contribution in [0.2, 0.25) is 0 Å². The summed E-state index contributed by atoms with van der Waals surface area (Å²) >= 11 is 0. The smallest absolute Gasteiger partial charge is 0.126 e. The fourth-order valence-corrected chi connectivity index (χ4v) is 4.07. The molecular formula is C18H36NO3+. The van der Waals surface area contributed by atoms with E-state index in [1.807, 2.05) is 0 Å². The van der Waals surface area contributed by atoms with Gasteiger partial charge in [0, 0.05) is 0 Å². The molecule has 2 fully saturated rings. The molecule has 0 bridgehead atoms. The molecule has 4 heteroatoms. The van der Waals surface area contributed by atoms with E-state index in [-0.39, 0.29) is 6.10 Å². The molecule has 1 heterocycles. The minimum atomic E-state index is -0.367. The van der Waals surface area contributed by atoms with Crippen molar-refractivity contribution < 1.29 is 19.1 Å². The van der Waals surface area contributed by atoms with Gasteiger partial charge in [-0.15, -0.1) is 0 Å². The fourth-order valence-electron chi connectivity index (χ4n) is 4.07. The van der Waals surface area contributed by atoms with Crippen LogP contribution < -0.4 is 0 Å². The second-order valence-electron chi connectivity index (χ2n) is 8.21. The molecule has 0 spiro atoms. The van der Waals surface area contributed by atoms with Crippen molar-refractivity contribution in [3.8, 4) is 0 Å². The van der Waals surface area contributed by atoms with E-state index in [2.05, 4.69) is 27.8 Å². The Morgan fingerprint density at radius 3 is 2.55 bits per heavy atom. The molecule has 22 heavy (non-hydrogen) atoms. The zero-order chi connectivity index (χ0) is 16.2. The van der Waals surface area contributed by atoms with Gasteiger partial charge in [0.15, 0.2) is 0 Å². The molecule has 0 aromatic rings. The molecule has 1 N–H and O–H groups in total. The molecule has 130 valence electrons. The SMILES string of the molecule is CC(C)[C@H]1CC[C@@H](C)C[C@H]1OC[C@@H](O)C[N+]1(C)CCOCC1. The summed E-state index contributed by atoms with van der Waals surface area (Å²) < 4.78 is 12.5. The molecule has 2 aliphatic rings. The third kappa shape index (κ3) is 5.19. The molecule has 2 rings (SSSR count). The van der Waals surface area contributed by atoms with Crippen molar-refractivity contribution in [3.63, 3.8) is 0 Å². The topological polar surface area (TPSA) is 38.7 Å². The van der Waals surface area contributed by atoms with E-state index in [0.717, 1.165) is 49.7 Å². The van der Waals surface area contributed by atoms with E-state index in [9.17, 15) is 5.11 Å². The van der Waals surface area contributed by atoms with Crippen molar-refractivity contribution >= 4 is 0 Å². The van der Waals surface area contributed by atoms with Crippen molar-refractivity contribution in [3.05, 3.63) is 0 Å². The van der Waals surface area contributed by atoms with Crippen LogP contribution in [0.4, 0.5) is 0 Å². The van der Waals surface area contributed by atoms with Crippen LogP contribution in [0.1, 0.15) is 40.0 Å². The van der Waals surface area contributed by atoms with Gasteiger partial charge in [0.1, 0.15) is 25.7 Å². The summed E-state index contributed by atoms with van der Waals surface area (Å²) in [5, 5.41) is 10.4. The van der Waals surface area contributed by atoms with E-state index < -0.39 is 0 Å². The summed E-state index contributed by atoms with van der Waals surface area (Å²) in [7, 11) is 2.21. The highest BCUT2D eigenvalue weighted by molar-refractivity contribution is 4.81. The van der Waals surface area contributed by atoms with Gasteiger partial charge in [0.05, 0.1) is 33.0 Å². The zero-order valence-corrected chi connectivity index (χ0v) is 15.0. The van der Waals surface area contributed by atoms with Crippen molar-refractivity contribution in [1.29, 1.82) is 0 Å². The fraction of sp³-hybridized carbons (Fsp3) is 1.00. The number of rotatable bonds is 6. The van der Waals surface area contributed by atoms with Crippen LogP contribution >= 0.6 is 0 Å². The largest absolute Gasteiger partial charge is 0.385 e. The highest BCUT2D eigenvalue weighted by Crippen LogP contribution is 2.35. The summed E-state index contributed by atoms with van der Waals surface area (Å²) in [4.78, 5) is 0. The monoisotopic (exact) mass is 314 g/mol. The van der Waals surface area contributed by atoms with Crippen LogP contribution in [0.5, 0.6) is 0 Å². The van der Waals surface area contributed by atoms with Gasteiger partial charge in [-0.1, -0.05) is 27.2 Å². The molecular weight excluding hydrogens is 278 g/mol. The third-order valence-electron chi connectivity index (χ3n) is 5.67. The second kappa shape index (κ2) is 8.09. The molecule has 1 aliphatic heterocycles. The molecule has 4 nitrogen and oxygen atoms in total. The van der Waals surface area contributed by atoms with Crippen LogP contribution in [0, 0.1) is 17.8 Å². The maximum Gasteiger partial charge on any atom is 0.126 e. The van der Waals surface area contributed by atoms with E-state index in [1.165, 1.54) is 12.8 Å². The average molecular weight is 314 g/mol. The number of aliphatic hydroxyl groups is 1. The molecule has 0 unspecified atom stereocenters. The number of likely N-dealkylation sites (N-methyl/N-ethyl adjacent to an activating group) is 1. The second-order valence-corrected chi connectivity index (χ2v) is 8.21. The highest BCUT2D eigenvalue weighted by Gasteiger charge is 2.33. The average Bonchev–Trinajstić information content (AvgIpc) is 2.45. The number of quaternary nitrogens is 1. The number of nitrogens with zero attached hydrogens (tertiary/aromatic N) is 1. The van der Waals surface area contributed by atoms with Gasteiger partial charge in [0.2, 0.25) is 0 Å². The molecule has 1 saturated heterocycles. The van der Waals surface area contributed by atoms with Gasteiger partial charge < -0.3 is 19.1 Å². The minimum absolute atomic E-state index is 0.327. The number of ether oxygens (including phenoxy) is 2. The Labute approximate surface area is 136 Å². The van der Waals surface area contributed by atoms with Crippen molar-refractivity contribution in [2.45, 2.75) is 52.2 Å². The lowest BCUT2D eigenvalue weighted by Gasteiger charge is -2.40. The zero-order valence-electron chi connectivity index (χ0n) is 15.0. The van der Waals surface area contributed by atoms with E-state index in [0.29, 0.717) is 24.5 Å². The molecule has 1 aliphatic carbocycles. The first-order valence-electron chi connectivity index (χ1n) is 9.10. The first kappa shape index (κ1) is 18.2. The van der Waals surface area contributed by atoms with E-state index in [1.54, 1.807) is 0 Å². The van der Waals surface area contributed by atoms with Gasteiger partial charge in [-0.05, 0) is 30.6 Å². The highest BCUT2D eigenvalue weighted by atomic mass is 16.5. The molecule has 4 atom stereocenters. The lowest BCUT2D eigenvalue weighted by molar-refractivity contribution is -0.919. The Morgan fingerprint density at radius 1 is 1.23 bits per heavy atom. The Kier molecular flexibility index (Phi) is 6.69. The molecule has 0 radical (unpaired) electrons.